The van der Waals surface area contributed by atoms with Crippen LogP contribution in [0.1, 0.15) is 23.4 Å². The van der Waals surface area contributed by atoms with Crippen molar-refractivity contribution in [2.75, 3.05) is 38.2 Å². The lowest BCUT2D eigenvalue weighted by Crippen LogP contribution is -2.41. The number of alkyl halides is 3. The van der Waals surface area contributed by atoms with Crippen molar-refractivity contribution in [2.24, 2.45) is 0 Å². The highest BCUT2D eigenvalue weighted by molar-refractivity contribution is 5.74. The molecule has 2 heterocycles. The van der Waals surface area contributed by atoms with Crippen molar-refractivity contribution in [3.8, 4) is 17.1 Å². The molecule has 1 N–H and O–H groups in total. The van der Waals surface area contributed by atoms with Crippen LogP contribution in [0.25, 0.3) is 11.3 Å². The Balaban J connectivity index is 1.37. The Labute approximate surface area is 201 Å². The number of carbonyl (C=O) groups is 1. The molecule has 1 aliphatic heterocycles. The van der Waals surface area contributed by atoms with Crippen molar-refractivity contribution in [1.82, 2.24) is 15.2 Å². The zero-order valence-corrected chi connectivity index (χ0v) is 19.6. The van der Waals surface area contributed by atoms with Crippen molar-refractivity contribution in [1.29, 1.82) is 0 Å². The number of urea groups is 1. The van der Waals surface area contributed by atoms with Gasteiger partial charge in [0.05, 0.1) is 24.4 Å². The van der Waals surface area contributed by atoms with Crippen molar-refractivity contribution in [2.45, 2.75) is 26.1 Å². The molecule has 1 fully saturated rings. The number of anilines is 1. The smallest absolute Gasteiger partial charge is 0.416 e. The monoisotopic (exact) mass is 488 g/mol. The average Bonchev–Trinajstić information content (AvgIpc) is 3.12. The molecule has 0 radical (unpaired) electrons. The fraction of sp³-hybridized carbons (Fsp3) is 0.360. The van der Waals surface area contributed by atoms with Gasteiger partial charge in [0.25, 0.3) is 0 Å². The minimum absolute atomic E-state index is 0.0305. The molecule has 0 atom stereocenters. The molecule has 2 amide bonds. The van der Waals surface area contributed by atoms with E-state index in [4.69, 9.17) is 9.15 Å². The molecule has 186 valence electrons. The van der Waals surface area contributed by atoms with Gasteiger partial charge in [-0.1, -0.05) is 12.1 Å². The van der Waals surface area contributed by atoms with E-state index in [1.54, 1.807) is 31.2 Å². The van der Waals surface area contributed by atoms with Gasteiger partial charge in [0, 0.05) is 51.4 Å². The van der Waals surface area contributed by atoms with E-state index in [0.29, 0.717) is 42.6 Å². The Hall–Kier alpha value is -3.69. The quantitative estimate of drug-likeness (QED) is 0.541. The van der Waals surface area contributed by atoms with E-state index < -0.39 is 11.7 Å². The molecule has 0 saturated carbocycles. The SMILES string of the molecule is COc1cc(N2CCCN(C(=O)NCc3cccc(C(F)(F)F)c3)CC2)ccc1-c1cnc(C)o1. The lowest BCUT2D eigenvalue weighted by Gasteiger charge is -2.24. The van der Waals surface area contributed by atoms with E-state index in [1.165, 1.54) is 6.07 Å². The fourth-order valence-corrected chi connectivity index (χ4v) is 4.09. The van der Waals surface area contributed by atoms with Crippen LogP contribution in [-0.2, 0) is 12.7 Å². The predicted octanol–water partition coefficient (Wildman–Crippen LogP) is 5.10. The van der Waals surface area contributed by atoms with Crippen molar-refractivity contribution >= 4 is 11.7 Å². The molecule has 1 aliphatic rings. The Bertz CT molecular complexity index is 1180. The summed E-state index contributed by atoms with van der Waals surface area (Å²) < 4.78 is 50.0. The first kappa shape index (κ1) is 24.4. The van der Waals surface area contributed by atoms with Crippen molar-refractivity contribution < 1.29 is 27.1 Å². The highest BCUT2D eigenvalue weighted by Gasteiger charge is 2.30. The van der Waals surface area contributed by atoms with Crippen LogP contribution < -0.4 is 15.0 Å². The second-order valence-electron chi connectivity index (χ2n) is 8.31. The lowest BCUT2D eigenvalue weighted by molar-refractivity contribution is -0.137. The maximum Gasteiger partial charge on any atom is 0.416 e. The molecular formula is C25H27F3N4O3. The number of amides is 2. The van der Waals surface area contributed by atoms with Crippen LogP contribution in [0.4, 0.5) is 23.7 Å². The summed E-state index contributed by atoms with van der Waals surface area (Å²) in [6.07, 6.45) is -2.00. The van der Waals surface area contributed by atoms with Crippen LogP contribution >= 0.6 is 0 Å². The molecule has 0 unspecified atom stereocenters. The molecule has 2 aromatic carbocycles. The summed E-state index contributed by atoms with van der Waals surface area (Å²) in [6, 6.07) is 10.5. The van der Waals surface area contributed by atoms with Crippen molar-refractivity contribution in [3.05, 3.63) is 65.7 Å². The van der Waals surface area contributed by atoms with E-state index in [0.717, 1.165) is 36.3 Å². The number of methoxy groups -OCH3 is 1. The molecular weight excluding hydrogens is 461 g/mol. The van der Waals surface area contributed by atoms with Gasteiger partial charge in [-0.05, 0) is 36.2 Å². The first-order valence-electron chi connectivity index (χ1n) is 11.3. The molecule has 35 heavy (non-hydrogen) atoms. The number of ether oxygens (including phenoxy) is 1. The third kappa shape index (κ3) is 5.87. The van der Waals surface area contributed by atoms with Crippen LogP contribution in [0, 0.1) is 6.92 Å². The Morgan fingerprint density at radius 2 is 1.97 bits per heavy atom. The van der Waals surface area contributed by atoms with Crippen LogP contribution in [0.3, 0.4) is 0 Å². The summed E-state index contributed by atoms with van der Waals surface area (Å²) in [5, 5.41) is 2.74. The van der Waals surface area contributed by atoms with E-state index in [2.05, 4.69) is 15.2 Å². The van der Waals surface area contributed by atoms with Crippen LogP contribution in [0.2, 0.25) is 0 Å². The maximum atomic E-state index is 12.9. The number of aromatic nitrogens is 1. The molecule has 0 bridgehead atoms. The molecule has 1 saturated heterocycles. The molecule has 0 spiro atoms. The van der Waals surface area contributed by atoms with Gasteiger partial charge in [-0.15, -0.1) is 0 Å². The second-order valence-corrected chi connectivity index (χ2v) is 8.31. The largest absolute Gasteiger partial charge is 0.496 e. The van der Waals surface area contributed by atoms with Crippen molar-refractivity contribution in [3.63, 3.8) is 0 Å². The molecule has 0 aliphatic carbocycles. The Morgan fingerprint density at radius 3 is 2.69 bits per heavy atom. The first-order chi connectivity index (χ1) is 16.7. The normalized spacial score (nSPS) is 14.5. The van der Waals surface area contributed by atoms with Gasteiger partial charge >= 0.3 is 12.2 Å². The number of carbonyl (C=O) groups excluding carboxylic acids is 1. The first-order valence-corrected chi connectivity index (χ1v) is 11.3. The molecule has 1 aromatic heterocycles. The third-order valence-electron chi connectivity index (χ3n) is 5.92. The van der Waals surface area contributed by atoms with E-state index in [-0.39, 0.29) is 12.6 Å². The number of benzene rings is 2. The molecule has 3 aromatic rings. The lowest BCUT2D eigenvalue weighted by atomic mass is 10.1. The van der Waals surface area contributed by atoms with Gasteiger partial charge in [0.1, 0.15) is 5.75 Å². The van der Waals surface area contributed by atoms with Crippen LogP contribution in [0.5, 0.6) is 5.75 Å². The number of nitrogens with one attached hydrogen (secondary N) is 1. The minimum atomic E-state index is -4.41. The number of aryl methyl sites for hydroxylation is 1. The van der Waals surface area contributed by atoms with Crippen LogP contribution in [0.15, 0.2) is 53.1 Å². The molecule has 7 nitrogen and oxygen atoms in total. The highest BCUT2D eigenvalue weighted by Crippen LogP contribution is 2.34. The number of oxazole rings is 1. The molecule has 10 heteroatoms. The summed E-state index contributed by atoms with van der Waals surface area (Å²) in [5.41, 5.74) is 1.45. The number of halogens is 3. The zero-order chi connectivity index (χ0) is 25.0. The number of hydrogen-bond acceptors (Lipinski definition) is 5. The minimum Gasteiger partial charge on any atom is -0.496 e. The fourth-order valence-electron chi connectivity index (χ4n) is 4.09. The van der Waals surface area contributed by atoms with Gasteiger partial charge in [0.2, 0.25) is 0 Å². The summed E-state index contributed by atoms with van der Waals surface area (Å²) in [6.45, 7) is 4.21. The number of rotatable bonds is 5. The van der Waals surface area contributed by atoms with Gasteiger partial charge in [-0.2, -0.15) is 13.2 Å². The predicted molar refractivity (Wildman–Crippen MR) is 125 cm³/mol. The maximum absolute atomic E-state index is 12.9. The summed E-state index contributed by atoms with van der Waals surface area (Å²) in [5.74, 6) is 1.87. The van der Waals surface area contributed by atoms with Crippen LogP contribution in [-0.4, -0.2) is 49.2 Å². The number of nitrogens with zero attached hydrogens (tertiary/aromatic N) is 3. The standard InChI is InChI=1S/C25H27F3N4O3/c1-17-29-16-23(35-17)21-8-7-20(14-22(21)34-2)31-9-4-10-32(12-11-31)24(33)30-15-18-5-3-6-19(13-18)25(26,27)28/h3,5-8,13-14,16H,4,9-12,15H2,1-2H3,(H,30,33). The Morgan fingerprint density at radius 1 is 1.14 bits per heavy atom. The third-order valence-corrected chi connectivity index (χ3v) is 5.92. The zero-order valence-electron chi connectivity index (χ0n) is 19.6. The van der Waals surface area contributed by atoms with Gasteiger partial charge in [-0.25, -0.2) is 9.78 Å². The summed E-state index contributed by atoms with van der Waals surface area (Å²) >= 11 is 0. The van der Waals surface area contributed by atoms with E-state index in [1.807, 2.05) is 18.2 Å². The topological polar surface area (TPSA) is 70.8 Å². The summed E-state index contributed by atoms with van der Waals surface area (Å²) in [7, 11) is 1.60. The summed E-state index contributed by atoms with van der Waals surface area (Å²) in [4.78, 5) is 20.7. The molecule has 4 rings (SSSR count). The highest BCUT2D eigenvalue weighted by atomic mass is 19.4. The Kier molecular flexibility index (Phi) is 7.18. The van der Waals surface area contributed by atoms with E-state index in [9.17, 15) is 18.0 Å². The van der Waals surface area contributed by atoms with Gasteiger partial charge in [-0.3, -0.25) is 0 Å². The van der Waals surface area contributed by atoms with Gasteiger partial charge < -0.3 is 24.3 Å². The van der Waals surface area contributed by atoms with Gasteiger partial charge in [0.15, 0.2) is 11.7 Å². The average molecular weight is 489 g/mol. The van der Waals surface area contributed by atoms with E-state index >= 15 is 0 Å². The second kappa shape index (κ2) is 10.3. The number of hydrogen-bond donors (Lipinski definition) is 1.